The number of carbonyl (C=O) groups is 2. The summed E-state index contributed by atoms with van der Waals surface area (Å²) in [6.45, 7) is 5.57. The molecule has 3 amide bonds. The Balaban J connectivity index is 2.51. The molecule has 2 unspecified atom stereocenters. The van der Waals surface area contributed by atoms with Crippen molar-refractivity contribution in [3.8, 4) is 0 Å². The molecule has 1 aliphatic heterocycles. The highest BCUT2D eigenvalue weighted by Gasteiger charge is 2.29. The lowest BCUT2D eigenvalue weighted by Crippen LogP contribution is -2.53. The largest absolute Gasteiger partial charge is 0.393 e. The quantitative estimate of drug-likeness (QED) is 0.644. The number of urea groups is 1. The second kappa shape index (κ2) is 7.40. The van der Waals surface area contributed by atoms with E-state index in [9.17, 15) is 9.59 Å². The van der Waals surface area contributed by atoms with Crippen LogP contribution in [0.3, 0.4) is 0 Å². The van der Waals surface area contributed by atoms with Crippen LogP contribution in [-0.4, -0.2) is 47.5 Å². The molecule has 0 aromatic rings. The van der Waals surface area contributed by atoms with Crippen LogP contribution in [0.5, 0.6) is 0 Å². The molecule has 0 spiro atoms. The highest BCUT2D eigenvalue weighted by Crippen LogP contribution is 2.18. The number of nitrogens with zero attached hydrogens (tertiary/aromatic N) is 1. The van der Waals surface area contributed by atoms with Crippen LogP contribution in [0, 0.1) is 5.92 Å². The van der Waals surface area contributed by atoms with Crippen molar-refractivity contribution < 1.29 is 9.59 Å². The third kappa shape index (κ3) is 4.76. The van der Waals surface area contributed by atoms with Crippen LogP contribution in [0.4, 0.5) is 4.79 Å². The fourth-order valence-electron chi connectivity index (χ4n) is 2.18. The zero-order valence-electron chi connectivity index (χ0n) is 11.4. The molecule has 0 aromatic heterocycles. The average Bonchev–Trinajstić information content (AvgIpc) is 2.38. The van der Waals surface area contributed by atoms with Gasteiger partial charge in [0.05, 0.1) is 11.0 Å². The Morgan fingerprint density at radius 1 is 1.53 bits per heavy atom. The van der Waals surface area contributed by atoms with Crippen molar-refractivity contribution >= 4 is 29.1 Å². The standard InChI is InChI=1S/C12H22N4O2S/c1-3-14-12(18)15-11(17)8(2)16-6-4-5-9(7-16)10(13)19/h8-9H,3-7H2,1-2H3,(H2,13,19)(H2,14,15,17,18). The van der Waals surface area contributed by atoms with E-state index < -0.39 is 6.03 Å². The number of likely N-dealkylation sites (tertiary alicyclic amines) is 1. The Morgan fingerprint density at radius 3 is 2.79 bits per heavy atom. The lowest BCUT2D eigenvalue weighted by molar-refractivity contribution is -0.125. The topological polar surface area (TPSA) is 87.5 Å². The van der Waals surface area contributed by atoms with Crippen molar-refractivity contribution in [2.24, 2.45) is 11.7 Å². The van der Waals surface area contributed by atoms with Gasteiger partial charge in [0.25, 0.3) is 0 Å². The van der Waals surface area contributed by atoms with Gasteiger partial charge in [-0.1, -0.05) is 12.2 Å². The zero-order chi connectivity index (χ0) is 14.4. The highest BCUT2D eigenvalue weighted by atomic mass is 32.1. The summed E-state index contributed by atoms with van der Waals surface area (Å²) in [7, 11) is 0. The minimum atomic E-state index is -0.456. The number of piperidine rings is 1. The minimum absolute atomic E-state index is 0.156. The van der Waals surface area contributed by atoms with Crippen LogP contribution in [0.1, 0.15) is 26.7 Å². The highest BCUT2D eigenvalue weighted by molar-refractivity contribution is 7.80. The lowest BCUT2D eigenvalue weighted by Gasteiger charge is -2.35. The van der Waals surface area contributed by atoms with Gasteiger partial charge in [-0.05, 0) is 33.2 Å². The normalized spacial score (nSPS) is 21.5. The number of nitrogens with one attached hydrogen (secondary N) is 2. The third-order valence-electron chi connectivity index (χ3n) is 3.36. The maximum absolute atomic E-state index is 11.9. The molecule has 0 saturated carbocycles. The SMILES string of the molecule is CCNC(=O)NC(=O)C(C)N1CCCC(C(N)=S)C1. The number of carbonyl (C=O) groups excluding carboxylic acids is 2. The monoisotopic (exact) mass is 286 g/mol. The second-order valence-corrected chi connectivity index (χ2v) is 5.23. The molecule has 0 aromatic carbocycles. The Labute approximate surface area is 119 Å². The average molecular weight is 286 g/mol. The van der Waals surface area contributed by atoms with Gasteiger partial charge < -0.3 is 11.1 Å². The van der Waals surface area contributed by atoms with E-state index in [1.807, 2.05) is 4.90 Å². The molecular weight excluding hydrogens is 264 g/mol. The second-order valence-electron chi connectivity index (χ2n) is 4.76. The van der Waals surface area contributed by atoms with Crippen LogP contribution in [0.15, 0.2) is 0 Å². The van der Waals surface area contributed by atoms with Gasteiger partial charge in [-0.3, -0.25) is 15.0 Å². The number of thiocarbonyl (C=S) groups is 1. The van der Waals surface area contributed by atoms with Crippen LogP contribution in [0.25, 0.3) is 0 Å². The maximum Gasteiger partial charge on any atom is 0.321 e. The first-order valence-electron chi connectivity index (χ1n) is 6.57. The van der Waals surface area contributed by atoms with E-state index in [4.69, 9.17) is 18.0 Å². The van der Waals surface area contributed by atoms with Gasteiger partial charge in [-0.2, -0.15) is 0 Å². The zero-order valence-corrected chi connectivity index (χ0v) is 12.3. The smallest absolute Gasteiger partial charge is 0.321 e. The van der Waals surface area contributed by atoms with Crippen LogP contribution >= 0.6 is 12.2 Å². The van der Waals surface area contributed by atoms with Crippen molar-refractivity contribution in [1.82, 2.24) is 15.5 Å². The Kier molecular flexibility index (Phi) is 6.17. The molecule has 2 atom stereocenters. The van der Waals surface area contributed by atoms with E-state index >= 15 is 0 Å². The summed E-state index contributed by atoms with van der Waals surface area (Å²) in [5, 5.41) is 4.86. The predicted molar refractivity (Wildman–Crippen MR) is 77.8 cm³/mol. The van der Waals surface area contributed by atoms with Crippen molar-refractivity contribution in [3.05, 3.63) is 0 Å². The van der Waals surface area contributed by atoms with Gasteiger partial charge in [0.15, 0.2) is 0 Å². The predicted octanol–water partition coefficient (Wildman–Crippen LogP) is 0.219. The molecule has 0 radical (unpaired) electrons. The molecule has 0 aliphatic carbocycles. The lowest BCUT2D eigenvalue weighted by atomic mass is 9.97. The van der Waals surface area contributed by atoms with Crippen LogP contribution < -0.4 is 16.4 Å². The van der Waals surface area contributed by atoms with Gasteiger partial charge in [0, 0.05) is 19.0 Å². The molecule has 108 valence electrons. The summed E-state index contributed by atoms with van der Waals surface area (Å²) in [6, 6.07) is -0.818. The summed E-state index contributed by atoms with van der Waals surface area (Å²) < 4.78 is 0. The maximum atomic E-state index is 11.9. The molecule has 4 N–H and O–H groups in total. The van der Waals surface area contributed by atoms with Gasteiger partial charge in [-0.25, -0.2) is 4.79 Å². The van der Waals surface area contributed by atoms with Gasteiger partial charge in [0.2, 0.25) is 5.91 Å². The fourth-order valence-corrected chi connectivity index (χ4v) is 2.37. The summed E-state index contributed by atoms with van der Waals surface area (Å²) in [6.07, 6.45) is 1.93. The molecule has 1 aliphatic rings. The van der Waals surface area contributed by atoms with Crippen molar-refractivity contribution in [3.63, 3.8) is 0 Å². The van der Waals surface area contributed by atoms with Crippen LogP contribution in [0.2, 0.25) is 0 Å². The van der Waals surface area contributed by atoms with Gasteiger partial charge >= 0.3 is 6.03 Å². The number of nitrogens with two attached hydrogens (primary N) is 1. The summed E-state index contributed by atoms with van der Waals surface area (Å²) in [5.74, 6) is -0.141. The first kappa shape index (κ1) is 15.8. The number of hydrogen-bond acceptors (Lipinski definition) is 4. The number of hydrogen-bond donors (Lipinski definition) is 3. The summed E-state index contributed by atoms with van der Waals surface area (Å²) in [5.41, 5.74) is 5.67. The molecular formula is C12H22N4O2S. The molecule has 1 rings (SSSR count). The molecule has 1 fully saturated rings. The number of imide groups is 1. The molecule has 0 bridgehead atoms. The van der Waals surface area contributed by atoms with E-state index in [-0.39, 0.29) is 17.9 Å². The Bertz CT molecular complexity index is 362. The fraction of sp³-hybridized carbons (Fsp3) is 0.750. The van der Waals surface area contributed by atoms with Gasteiger partial charge in [-0.15, -0.1) is 0 Å². The van der Waals surface area contributed by atoms with E-state index in [1.54, 1.807) is 13.8 Å². The Hall–Kier alpha value is -1.21. The first-order chi connectivity index (χ1) is 8.95. The molecule has 1 heterocycles. The molecule has 19 heavy (non-hydrogen) atoms. The minimum Gasteiger partial charge on any atom is -0.393 e. The number of rotatable bonds is 4. The van der Waals surface area contributed by atoms with Crippen molar-refractivity contribution in [1.29, 1.82) is 0 Å². The Morgan fingerprint density at radius 2 is 2.21 bits per heavy atom. The van der Waals surface area contributed by atoms with E-state index in [1.165, 1.54) is 0 Å². The van der Waals surface area contributed by atoms with Gasteiger partial charge in [0.1, 0.15) is 0 Å². The van der Waals surface area contributed by atoms with Crippen molar-refractivity contribution in [2.75, 3.05) is 19.6 Å². The van der Waals surface area contributed by atoms with E-state index in [0.29, 0.717) is 18.1 Å². The van der Waals surface area contributed by atoms with Crippen molar-refractivity contribution in [2.45, 2.75) is 32.7 Å². The molecule has 7 heteroatoms. The number of amides is 3. The van der Waals surface area contributed by atoms with E-state index in [2.05, 4.69) is 10.6 Å². The molecule has 6 nitrogen and oxygen atoms in total. The third-order valence-corrected chi connectivity index (χ3v) is 3.69. The first-order valence-corrected chi connectivity index (χ1v) is 6.98. The summed E-state index contributed by atoms with van der Waals surface area (Å²) >= 11 is 5.01. The van der Waals surface area contributed by atoms with Crippen LogP contribution in [-0.2, 0) is 4.79 Å². The van der Waals surface area contributed by atoms with E-state index in [0.717, 1.165) is 19.4 Å². The molecule has 1 saturated heterocycles. The summed E-state index contributed by atoms with van der Waals surface area (Å²) in [4.78, 5) is 25.8.